The Hall–Kier alpha value is -1.44. The number of hydrogen-bond acceptors (Lipinski definition) is 4. The molecule has 0 aromatic heterocycles. The van der Waals surface area contributed by atoms with E-state index in [2.05, 4.69) is 5.32 Å². The van der Waals surface area contributed by atoms with Crippen molar-refractivity contribution in [1.82, 2.24) is 0 Å². The van der Waals surface area contributed by atoms with Gasteiger partial charge in [0.05, 0.1) is 4.90 Å². The lowest BCUT2D eigenvalue weighted by molar-refractivity contribution is -0.126. The Labute approximate surface area is 112 Å². The molecule has 0 bridgehead atoms. The molecule has 1 amide bonds. The number of ether oxygens (including phenoxy) is 1. The van der Waals surface area contributed by atoms with Crippen molar-refractivity contribution in [3.8, 4) is 0 Å². The number of sulfonamides is 1. The van der Waals surface area contributed by atoms with Crippen LogP contribution in [0.25, 0.3) is 0 Å². The zero-order valence-electron chi connectivity index (χ0n) is 10.5. The molecule has 1 aliphatic heterocycles. The molecule has 1 aromatic rings. The fraction of sp³-hybridized carbons (Fsp3) is 0.417. The van der Waals surface area contributed by atoms with Crippen molar-refractivity contribution in [1.29, 1.82) is 0 Å². The molecule has 0 aliphatic carbocycles. The topological polar surface area (TPSA) is 98.5 Å². The van der Waals surface area contributed by atoms with Gasteiger partial charge in [0.25, 0.3) is 5.91 Å². The number of hydrogen-bond donors (Lipinski definition) is 2. The summed E-state index contributed by atoms with van der Waals surface area (Å²) >= 11 is 0. The lowest BCUT2D eigenvalue weighted by Crippen LogP contribution is -2.31. The highest BCUT2D eigenvalue weighted by atomic mass is 32.2. The molecule has 0 spiro atoms. The minimum atomic E-state index is -3.77. The normalized spacial score (nSPS) is 23.3. The summed E-state index contributed by atoms with van der Waals surface area (Å²) < 4.78 is 27.8. The molecule has 7 heteroatoms. The monoisotopic (exact) mass is 284 g/mol. The molecule has 0 radical (unpaired) electrons. The van der Waals surface area contributed by atoms with E-state index >= 15 is 0 Å². The van der Waals surface area contributed by atoms with Gasteiger partial charge in [-0.15, -0.1) is 0 Å². The van der Waals surface area contributed by atoms with Gasteiger partial charge in [-0.3, -0.25) is 4.79 Å². The second kappa shape index (κ2) is 5.28. The first-order valence-corrected chi connectivity index (χ1v) is 7.48. The van der Waals surface area contributed by atoms with Crippen molar-refractivity contribution in [2.75, 3.05) is 11.9 Å². The number of nitrogens with two attached hydrogens (primary N) is 1. The highest BCUT2D eigenvalue weighted by Gasteiger charge is 2.30. The summed E-state index contributed by atoms with van der Waals surface area (Å²) in [6.07, 6.45) is 0.355. The van der Waals surface area contributed by atoms with Gasteiger partial charge in [0.2, 0.25) is 10.0 Å². The van der Waals surface area contributed by atoms with Gasteiger partial charge >= 0.3 is 0 Å². The van der Waals surface area contributed by atoms with Gasteiger partial charge in [-0.05, 0) is 30.5 Å². The quantitative estimate of drug-likeness (QED) is 0.853. The van der Waals surface area contributed by atoms with Crippen molar-refractivity contribution >= 4 is 21.6 Å². The van der Waals surface area contributed by atoms with Crippen molar-refractivity contribution in [3.05, 3.63) is 24.3 Å². The molecular weight excluding hydrogens is 268 g/mol. The number of rotatable bonds is 3. The van der Waals surface area contributed by atoms with Crippen molar-refractivity contribution in [2.45, 2.75) is 24.3 Å². The zero-order chi connectivity index (χ0) is 14.0. The van der Waals surface area contributed by atoms with Crippen LogP contribution in [0.2, 0.25) is 0 Å². The van der Waals surface area contributed by atoms with Crippen molar-refractivity contribution < 1.29 is 17.9 Å². The van der Waals surface area contributed by atoms with Crippen molar-refractivity contribution in [2.24, 2.45) is 11.1 Å². The van der Waals surface area contributed by atoms with Gasteiger partial charge in [0.15, 0.2) is 0 Å². The van der Waals surface area contributed by atoms with Crippen LogP contribution >= 0.6 is 0 Å². The van der Waals surface area contributed by atoms with Crippen LogP contribution in [0, 0.1) is 5.92 Å². The van der Waals surface area contributed by atoms with E-state index in [-0.39, 0.29) is 16.7 Å². The molecule has 1 heterocycles. The Morgan fingerprint density at radius 1 is 1.47 bits per heavy atom. The number of carbonyl (C=O) groups excluding carboxylic acids is 1. The highest BCUT2D eigenvalue weighted by molar-refractivity contribution is 7.89. The van der Waals surface area contributed by atoms with Crippen molar-refractivity contribution in [3.63, 3.8) is 0 Å². The molecule has 1 aromatic carbocycles. The maximum Gasteiger partial charge on any atom is 0.253 e. The largest absolute Gasteiger partial charge is 0.368 e. The van der Waals surface area contributed by atoms with Gasteiger partial charge in [-0.2, -0.15) is 0 Å². The van der Waals surface area contributed by atoms with Crippen LogP contribution in [0.15, 0.2) is 29.2 Å². The Morgan fingerprint density at radius 2 is 2.21 bits per heavy atom. The van der Waals surface area contributed by atoms with Gasteiger partial charge in [0, 0.05) is 12.3 Å². The Kier molecular flexibility index (Phi) is 3.88. The first kappa shape index (κ1) is 14.0. The molecule has 2 unspecified atom stereocenters. The fourth-order valence-electron chi connectivity index (χ4n) is 1.99. The van der Waals surface area contributed by atoms with E-state index in [4.69, 9.17) is 9.88 Å². The third-order valence-electron chi connectivity index (χ3n) is 3.08. The molecule has 0 saturated carbocycles. The number of anilines is 1. The average Bonchev–Trinajstić information content (AvgIpc) is 2.75. The van der Waals surface area contributed by atoms with E-state index in [1.807, 2.05) is 6.92 Å². The first-order chi connectivity index (χ1) is 8.88. The van der Waals surface area contributed by atoms with E-state index in [1.54, 1.807) is 6.07 Å². The zero-order valence-corrected chi connectivity index (χ0v) is 11.3. The predicted octanol–water partition coefficient (Wildman–Crippen LogP) is 0.698. The molecule has 6 nitrogen and oxygen atoms in total. The van der Waals surface area contributed by atoms with E-state index in [9.17, 15) is 13.2 Å². The smallest absolute Gasteiger partial charge is 0.253 e. The molecule has 104 valence electrons. The van der Waals surface area contributed by atoms with E-state index in [1.165, 1.54) is 18.2 Å². The molecular formula is C12H16N2O4S. The maximum atomic E-state index is 12.0. The van der Waals surface area contributed by atoms with Gasteiger partial charge in [-0.1, -0.05) is 13.0 Å². The first-order valence-electron chi connectivity index (χ1n) is 5.93. The number of carbonyl (C=O) groups is 1. The average molecular weight is 284 g/mol. The molecule has 2 rings (SSSR count). The summed E-state index contributed by atoms with van der Waals surface area (Å²) in [6, 6.07) is 5.83. The summed E-state index contributed by atoms with van der Waals surface area (Å²) in [5.74, 6) is -0.113. The van der Waals surface area contributed by atoms with Crippen LogP contribution in [-0.4, -0.2) is 27.0 Å². The molecule has 3 N–H and O–H groups in total. The molecule has 19 heavy (non-hydrogen) atoms. The molecule has 1 aliphatic rings. The Balaban J connectivity index is 2.13. The van der Waals surface area contributed by atoms with Crippen LogP contribution < -0.4 is 10.5 Å². The lowest BCUT2D eigenvalue weighted by atomic mass is 10.0. The standard InChI is InChI=1S/C12H16N2O4S/c1-8-5-6-18-11(8)12(15)14-9-3-2-4-10(7-9)19(13,16)17/h2-4,7-8,11H,5-6H2,1H3,(H,14,15)(H2,13,16,17). The summed E-state index contributed by atoms with van der Waals surface area (Å²) in [6.45, 7) is 2.51. The predicted molar refractivity (Wildman–Crippen MR) is 70.0 cm³/mol. The number of benzene rings is 1. The summed E-state index contributed by atoms with van der Waals surface area (Å²) in [4.78, 5) is 11.9. The summed E-state index contributed by atoms with van der Waals surface area (Å²) in [7, 11) is -3.77. The molecule has 1 fully saturated rings. The number of amides is 1. The van der Waals surface area contributed by atoms with Crippen LogP contribution in [0.5, 0.6) is 0 Å². The van der Waals surface area contributed by atoms with Gasteiger partial charge in [-0.25, -0.2) is 13.6 Å². The Bertz CT molecular complexity index is 585. The molecule has 1 saturated heterocycles. The summed E-state index contributed by atoms with van der Waals surface area (Å²) in [5.41, 5.74) is 0.388. The minimum absolute atomic E-state index is 0.0364. The molecule has 2 atom stereocenters. The van der Waals surface area contributed by atoms with Gasteiger partial charge in [0.1, 0.15) is 6.10 Å². The maximum absolute atomic E-state index is 12.0. The number of primary sulfonamides is 1. The highest BCUT2D eigenvalue weighted by Crippen LogP contribution is 2.22. The summed E-state index contributed by atoms with van der Waals surface area (Å²) in [5, 5.41) is 7.68. The Morgan fingerprint density at radius 3 is 2.79 bits per heavy atom. The van der Waals surface area contributed by atoms with E-state index in [0.717, 1.165) is 6.42 Å². The van der Waals surface area contributed by atoms with E-state index in [0.29, 0.717) is 12.3 Å². The van der Waals surface area contributed by atoms with Crippen LogP contribution in [0.1, 0.15) is 13.3 Å². The second-order valence-corrected chi connectivity index (χ2v) is 6.18. The fourth-order valence-corrected chi connectivity index (χ4v) is 2.55. The number of nitrogens with one attached hydrogen (secondary N) is 1. The second-order valence-electron chi connectivity index (χ2n) is 4.62. The minimum Gasteiger partial charge on any atom is -0.368 e. The SMILES string of the molecule is CC1CCOC1C(=O)Nc1cccc(S(N)(=O)=O)c1. The third-order valence-corrected chi connectivity index (χ3v) is 3.99. The van der Waals surface area contributed by atoms with E-state index < -0.39 is 16.1 Å². The lowest BCUT2D eigenvalue weighted by Gasteiger charge is -2.14. The van der Waals surface area contributed by atoms with Crippen LogP contribution in [0.3, 0.4) is 0 Å². The van der Waals surface area contributed by atoms with Crippen LogP contribution in [0.4, 0.5) is 5.69 Å². The van der Waals surface area contributed by atoms with Gasteiger partial charge < -0.3 is 10.1 Å². The van der Waals surface area contributed by atoms with Crippen LogP contribution in [-0.2, 0) is 19.6 Å². The third kappa shape index (κ3) is 3.31.